The van der Waals surface area contributed by atoms with E-state index < -0.39 is 0 Å². The molecule has 0 bridgehead atoms. The van der Waals surface area contributed by atoms with Crippen LogP contribution in [-0.4, -0.2) is 0 Å². The van der Waals surface area contributed by atoms with Crippen LogP contribution < -0.4 is 9.80 Å². The second kappa shape index (κ2) is 13.9. The maximum absolute atomic E-state index is 14.6. The predicted octanol–water partition coefficient (Wildman–Crippen LogP) is 16.7. The number of rotatable bonds is 8. The molecule has 12 rings (SSSR count). The van der Waals surface area contributed by atoms with Gasteiger partial charge in [0.15, 0.2) is 11.2 Å². The Hall–Kier alpha value is -7.70. The van der Waals surface area contributed by atoms with Crippen LogP contribution in [0.15, 0.2) is 179 Å². The number of halogens is 2. The first-order valence-electron chi connectivity index (χ1n) is 21.2. The number of hydrogen-bond donors (Lipinski definition) is 0. The minimum Gasteiger partial charge on any atom is -0.454 e. The topological polar surface area (TPSA) is 32.8 Å². The number of hydrogen-bond acceptors (Lipinski definition) is 4. The van der Waals surface area contributed by atoms with E-state index in [9.17, 15) is 8.78 Å². The van der Waals surface area contributed by atoms with Crippen LogP contribution in [0.2, 0.25) is 0 Å². The van der Waals surface area contributed by atoms with Crippen molar-refractivity contribution >= 4 is 110 Å². The fourth-order valence-electron chi connectivity index (χ4n) is 9.79. The van der Waals surface area contributed by atoms with Crippen molar-refractivity contribution in [2.24, 2.45) is 0 Å². The molecule has 0 fully saturated rings. The predicted molar refractivity (Wildman–Crippen MR) is 253 cm³/mol. The van der Waals surface area contributed by atoms with Crippen molar-refractivity contribution in [2.45, 2.75) is 26.7 Å². The molecule has 4 nitrogen and oxygen atoms in total. The second-order valence-corrected chi connectivity index (χ2v) is 16.0. The van der Waals surface area contributed by atoms with Crippen molar-refractivity contribution in [1.29, 1.82) is 0 Å². The van der Waals surface area contributed by atoms with Crippen LogP contribution in [0.3, 0.4) is 0 Å². The molecular weight excluding hydrogens is 771 g/mol. The molecule has 0 unspecified atom stereocenters. The van der Waals surface area contributed by atoms with Gasteiger partial charge in [-0.1, -0.05) is 111 Å². The molecule has 12 aromatic rings. The molecule has 0 saturated heterocycles. The zero-order valence-electron chi connectivity index (χ0n) is 34.0. The van der Waals surface area contributed by atoms with Gasteiger partial charge in [-0.2, -0.15) is 0 Å². The minimum atomic E-state index is -0.305. The average Bonchev–Trinajstić information content (AvgIpc) is 3.90. The summed E-state index contributed by atoms with van der Waals surface area (Å²) in [4.78, 5) is 4.39. The van der Waals surface area contributed by atoms with Gasteiger partial charge in [-0.15, -0.1) is 0 Å². The Bertz CT molecular complexity index is 3450. The molecule has 10 aromatic carbocycles. The fourth-order valence-corrected chi connectivity index (χ4v) is 9.79. The zero-order chi connectivity index (χ0) is 41.6. The molecule has 0 aliphatic rings. The number of nitrogens with zero attached hydrogens (tertiary/aromatic N) is 2. The van der Waals surface area contributed by atoms with Crippen molar-refractivity contribution in [2.75, 3.05) is 9.80 Å². The Morgan fingerprint density at radius 1 is 0.355 bits per heavy atom. The summed E-state index contributed by atoms with van der Waals surface area (Å²) in [5.74, 6) is -0.609. The average molecular weight is 809 g/mol. The van der Waals surface area contributed by atoms with Gasteiger partial charge in [0.05, 0.1) is 22.7 Å². The summed E-state index contributed by atoms with van der Waals surface area (Å²) in [6, 6.07) is 55.9. The van der Waals surface area contributed by atoms with Gasteiger partial charge < -0.3 is 18.6 Å². The van der Waals surface area contributed by atoms with E-state index in [1.165, 1.54) is 24.3 Å². The molecule has 298 valence electrons. The second-order valence-electron chi connectivity index (χ2n) is 16.0. The SMILES string of the molecule is CCc1cccc2c1oc1c(N(c3ccc(F)cc3)c3ccc4ccc5c(N(c6ccc(F)cc6)c6cccc7c6oc6c(CC)cccc67)ccc6ccc3c4c65)cccc12. The van der Waals surface area contributed by atoms with Crippen molar-refractivity contribution in [3.8, 4) is 0 Å². The van der Waals surface area contributed by atoms with E-state index in [0.717, 1.165) is 134 Å². The highest BCUT2D eigenvalue weighted by Crippen LogP contribution is 2.50. The van der Waals surface area contributed by atoms with Gasteiger partial charge in [0.2, 0.25) is 0 Å². The van der Waals surface area contributed by atoms with Crippen LogP contribution in [0.4, 0.5) is 42.9 Å². The molecule has 0 atom stereocenters. The summed E-state index contributed by atoms with van der Waals surface area (Å²) in [5.41, 5.74) is 10.8. The van der Waals surface area contributed by atoms with E-state index in [1.807, 2.05) is 24.3 Å². The number of benzene rings is 10. The van der Waals surface area contributed by atoms with Gasteiger partial charge in [-0.25, -0.2) is 8.78 Å². The van der Waals surface area contributed by atoms with E-state index in [2.05, 4.69) is 145 Å². The largest absolute Gasteiger partial charge is 0.454 e. The minimum absolute atomic E-state index is 0.305. The molecule has 0 amide bonds. The molecule has 0 radical (unpaired) electrons. The number of para-hydroxylation sites is 4. The molecule has 0 N–H and O–H groups in total. The van der Waals surface area contributed by atoms with Gasteiger partial charge in [-0.05, 0) is 118 Å². The molecular formula is C56H38F2N2O2. The van der Waals surface area contributed by atoms with Crippen LogP contribution in [0.5, 0.6) is 0 Å². The van der Waals surface area contributed by atoms with Crippen molar-refractivity contribution in [3.05, 3.63) is 193 Å². The quantitative estimate of drug-likeness (QED) is 0.143. The van der Waals surface area contributed by atoms with E-state index in [4.69, 9.17) is 8.83 Å². The van der Waals surface area contributed by atoms with E-state index in [0.29, 0.717) is 0 Å². The monoisotopic (exact) mass is 808 g/mol. The van der Waals surface area contributed by atoms with Crippen LogP contribution in [0.1, 0.15) is 25.0 Å². The third-order valence-electron chi connectivity index (χ3n) is 12.7. The molecule has 62 heavy (non-hydrogen) atoms. The Labute approximate surface area is 355 Å². The Morgan fingerprint density at radius 3 is 1.13 bits per heavy atom. The third kappa shape index (κ3) is 5.36. The Kier molecular flexibility index (Phi) is 8.13. The molecule has 2 aromatic heterocycles. The maximum Gasteiger partial charge on any atom is 0.159 e. The molecule has 0 aliphatic carbocycles. The lowest BCUT2D eigenvalue weighted by Gasteiger charge is -2.29. The normalized spacial score (nSPS) is 12.0. The van der Waals surface area contributed by atoms with E-state index >= 15 is 0 Å². The van der Waals surface area contributed by atoms with Gasteiger partial charge in [0.1, 0.15) is 22.8 Å². The molecule has 2 heterocycles. The van der Waals surface area contributed by atoms with Crippen LogP contribution in [-0.2, 0) is 12.8 Å². The number of furan rings is 2. The highest BCUT2D eigenvalue weighted by molar-refractivity contribution is 6.28. The first-order valence-corrected chi connectivity index (χ1v) is 21.2. The zero-order valence-corrected chi connectivity index (χ0v) is 34.0. The fraction of sp³-hybridized carbons (Fsp3) is 0.0714. The number of fused-ring (bicyclic) bond motifs is 6. The van der Waals surface area contributed by atoms with Crippen molar-refractivity contribution < 1.29 is 17.6 Å². The smallest absolute Gasteiger partial charge is 0.159 e. The number of aryl methyl sites for hydroxylation is 2. The third-order valence-corrected chi connectivity index (χ3v) is 12.7. The Morgan fingerprint density at radius 2 is 0.726 bits per heavy atom. The highest BCUT2D eigenvalue weighted by atomic mass is 19.1. The van der Waals surface area contributed by atoms with Gasteiger partial charge in [0, 0.05) is 43.7 Å². The maximum atomic E-state index is 14.6. The Balaban J connectivity index is 1.13. The van der Waals surface area contributed by atoms with Crippen LogP contribution >= 0.6 is 0 Å². The summed E-state index contributed by atoms with van der Waals surface area (Å²) >= 11 is 0. The summed E-state index contributed by atoms with van der Waals surface area (Å²) in [6.45, 7) is 4.29. The van der Waals surface area contributed by atoms with Gasteiger partial charge in [-0.3, -0.25) is 0 Å². The molecule has 0 saturated carbocycles. The number of anilines is 6. The lowest BCUT2D eigenvalue weighted by atomic mass is 9.91. The summed E-state index contributed by atoms with van der Waals surface area (Å²) < 4.78 is 42.9. The van der Waals surface area contributed by atoms with E-state index in [1.54, 1.807) is 0 Å². The van der Waals surface area contributed by atoms with Crippen molar-refractivity contribution in [1.82, 2.24) is 0 Å². The summed E-state index contributed by atoms with van der Waals surface area (Å²) in [7, 11) is 0. The lowest BCUT2D eigenvalue weighted by molar-refractivity contribution is 0.627. The lowest BCUT2D eigenvalue weighted by Crippen LogP contribution is -2.12. The summed E-state index contributed by atoms with van der Waals surface area (Å²) in [5, 5.41) is 10.6. The molecule has 6 heteroatoms. The summed E-state index contributed by atoms with van der Waals surface area (Å²) in [6.07, 6.45) is 1.69. The van der Waals surface area contributed by atoms with Gasteiger partial charge in [0.25, 0.3) is 0 Å². The van der Waals surface area contributed by atoms with Crippen LogP contribution in [0, 0.1) is 11.6 Å². The van der Waals surface area contributed by atoms with Crippen LogP contribution in [0.25, 0.3) is 76.2 Å². The van der Waals surface area contributed by atoms with Gasteiger partial charge >= 0.3 is 0 Å². The van der Waals surface area contributed by atoms with E-state index in [-0.39, 0.29) is 11.6 Å². The molecule has 0 spiro atoms. The van der Waals surface area contributed by atoms with Crippen molar-refractivity contribution in [3.63, 3.8) is 0 Å². The highest BCUT2D eigenvalue weighted by Gasteiger charge is 2.26. The molecule has 0 aliphatic heterocycles. The standard InChI is InChI=1S/C56H38F2N2O2/c1-3-33-9-5-11-41-43-13-7-15-49(55(43)61-53(33)41)59(39-25-21-37(57)22-26-39)47-31-19-35-18-30-46-48(32-20-36-17-29-45(47)51(35)52(36)46)60(40-27-23-38(58)24-28-40)50-16-8-14-44-42-12-6-10-34(4-2)54(42)62-56(44)50/h5-32H,3-4H2,1-2H3. The first kappa shape index (κ1) is 36.2. The first-order chi connectivity index (χ1) is 30.5.